The normalized spacial score (nSPS) is 15.5. The lowest BCUT2D eigenvalue weighted by molar-refractivity contribution is 0.0939. The monoisotopic (exact) mass is 432 g/mol. The summed E-state index contributed by atoms with van der Waals surface area (Å²) in [6, 6.07) is 18.2. The summed E-state index contributed by atoms with van der Waals surface area (Å²) < 4.78 is 5.97. The Morgan fingerprint density at radius 1 is 1.06 bits per heavy atom. The highest BCUT2D eigenvalue weighted by atomic mass is 16.4. The number of carbonyl (C=O) groups is 1. The standard InChI is InChI=1S/C26H32N4O2/c1-4-19(2)27-25(31)21-10-12-22(13-11-21)26-28-24(20(3)32-26)18-29-14-16-30(17-15-29)23-8-6-5-7-9-23/h5-13,19H,4,14-18H2,1-3H3,(H,27,31)/t19-/m0/s1. The Bertz CT molecular complexity index is 1020. The molecule has 2 aromatic carbocycles. The highest BCUT2D eigenvalue weighted by Gasteiger charge is 2.20. The second-order valence-corrected chi connectivity index (χ2v) is 8.48. The molecule has 4 rings (SSSR count). The average Bonchev–Trinajstić information content (AvgIpc) is 3.20. The van der Waals surface area contributed by atoms with Crippen LogP contribution in [-0.2, 0) is 6.54 Å². The highest BCUT2D eigenvalue weighted by Crippen LogP contribution is 2.24. The van der Waals surface area contributed by atoms with Crippen molar-refractivity contribution in [1.29, 1.82) is 0 Å². The smallest absolute Gasteiger partial charge is 0.251 e. The molecule has 6 nitrogen and oxygen atoms in total. The van der Waals surface area contributed by atoms with E-state index in [2.05, 4.69) is 52.4 Å². The van der Waals surface area contributed by atoms with Crippen LogP contribution in [0.15, 0.2) is 59.0 Å². The molecular formula is C26H32N4O2. The number of hydrogen-bond acceptors (Lipinski definition) is 5. The van der Waals surface area contributed by atoms with Crippen LogP contribution in [-0.4, -0.2) is 48.0 Å². The van der Waals surface area contributed by atoms with Crippen LogP contribution in [0.3, 0.4) is 0 Å². The molecule has 0 unspecified atom stereocenters. The molecule has 2 heterocycles. The summed E-state index contributed by atoms with van der Waals surface area (Å²) in [4.78, 5) is 21.9. The molecule has 0 spiro atoms. The maximum Gasteiger partial charge on any atom is 0.251 e. The second kappa shape index (κ2) is 10.0. The first-order valence-corrected chi connectivity index (χ1v) is 11.4. The predicted octanol–water partition coefficient (Wildman–Crippen LogP) is 4.50. The van der Waals surface area contributed by atoms with Gasteiger partial charge >= 0.3 is 0 Å². The lowest BCUT2D eigenvalue weighted by Gasteiger charge is -2.35. The van der Waals surface area contributed by atoms with Crippen LogP contribution in [0.4, 0.5) is 5.69 Å². The third-order valence-electron chi connectivity index (χ3n) is 6.14. The Kier molecular flexibility index (Phi) is 6.90. The number of rotatable bonds is 7. The van der Waals surface area contributed by atoms with Crippen molar-refractivity contribution in [2.45, 2.75) is 39.8 Å². The zero-order valence-electron chi connectivity index (χ0n) is 19.2. The van der Waals surface area contributed by atoms with E-state index < -0.39 is 0 Å². The molecule has 0 radical (unpaired) electrons. The maximum atomic E-state index is 12.3. The number of carbonyl (C=O) groups excluding carboxylic acids is 1. The zero-order valence-corrected chi connectivity index (χ0v) is 19.2. The van der Waals surface area contributed by atoms with Crippen molar-refractivity contribution in [2.75, 3.05) is 31.1 Å². The summed E-state index contributed by atoms with van der Waals surface area (Å²) in [5.41, 5.74) is 3.79. The van der Waals surface area contributed by atoms with Gasteiger partial charge in [0.1, 0.15) is 5.76 Å². The Labute approximate surface area is 190 Å². The van der Waals surface area contributed by atoms with Crippen LogP contribution in [0, 0.1) is 6.92 Å². The van der Waals surface area contributed by atoms with Crippen LogP contribution < -0.4 is 10.2 Å². The Morgan fingerprint density at radius 3 is 2.41 bits per heavy atom. The first kappa shape index (κ1) is 22.1. The Morgan fingerprint density at radius 2 is 1.75 bits per heavy atom. The topological polar surface area (TPSA) is 61.6 Å². The number of nitrogens with zero attached hydrogens (tertiary/aromatic N) is 3. The number of oxazole rings is 1. The quantitative estimate of drug-likeness (QED) is 0.596. The third kappa shape index (κ3) is 5.19. The number of aryl methyl sites for hydroxylation is 1. The molecule has 32 heavy (non-hydrogen) atoms. The predicted molar refractivity (Wildman–Crippen MR) is 128 cm³/mol. The lowest BCUT2D eigenvalue weighted by Crippen LogP contribution is -2.46. The van der Waals surface area contributed by atoms with Crippen LogP contribution in [0.1, 0.15) is 42.1 Å². The van der Waals surface area contributed by atoms with E-state index >= 15 is 0 Å². The fraction of sp³-hybridized carbons (Fsp3) is 0.385. The van der Waals surface area contributed by atoms with Crippen molar-refractivity contribution in [1.82, 2.24) is 15.2 Å². The molecular weight excluding hydrogens is 400 g/mol. The molecule has 1 aliphatic heterocycles. The molecule has 0 bridgehead atoms. The van der Waals surface area contributed by atoms with Gasteiger partial charge in [0.2, 0.25) is 5.89 Å². The van der Waals surface area contributed by atoms with Gasteiger partial charge in [-0.2, -0.15) is 0 Å². The van der Waals surface area contributed by atoms with Gasteiger partial charge in [0.25, 0.3) is 5.91 Å². The molecule has 3 aromatic rings. The molecule has 1 atom stereocenters. The minimum Gasteiger partial charge on any atom is -0.441 e. The number of piperazine rings is 1. The minimum absolute atomic E-state index is 0.0511. The van der Waals surface area contributed by atoms with E-state index in [0.717, 1.165) is 56.2 Å². The zero-order chi connectivity index (χ0) is 22.5. The molecule has 0 aliphatic carbocycles. The maximum absolute atomic E-state index is 12.3. The van der Waals surface area contributed by atoms with Gasteiger partial charge in [0.05, 0.1) is 5.69 Å². The van der Waals surface area contributed by atoms with Crippen molar-refractivity contribution < 1.29 is 9.21 Å². The summed E-state index contributed by atoms with van der Waals surface area (Å²) in [6.45, 7) is 10.8. The minimum atomic E-state index is -0.0511. The van der Waals surface area contributed by atoms with E-state index in [1.807, 2.05) is 38.1 Å². The second-order valence-electron chi connectivity index (χ2n) is 8.48. The fourth-order valence-electron chi connectivity index (χ4n) is 3.89. The molecule has 1 fully saturated rings. The summed E-state index contributed by atoms with van der Waals surface area (Å²) in [7, 11) is 0. The summed E-state index contributed by atoms with van der Waals surface area (Å²) in [6.07, 6.45) is 0.906. The van der Waals surface area contributed by atoms with E-state index in [9.17, 15) is 4.79 Å². The summed E-state index contributed by atoms with van der Waals surface area (Å²) in [5, 5.41) is 2.99. The number of anilines is 1. The average molecular weight is 433 g/mol. The lowest BCUT2D eigenvalue weighted by atomic mass is 10.1. The number of para-hydroxylation sites is 1. The van der Waals surface area contributed by atoms with Gasteiger partial charge in [-0.25, -0.2) is 4.98 Å². The van der Waals surface area contributed by atoms with E-state index in [4.69, 9.17) is 9.40 Å². The van der Waals surface area contributed by atoms with Crippen LogP contribution >= 0.6 is 0 Å². The van der Waals surface area contributed by atoms with E-state index in [1.54, 1.807) is 0 Å². The van der Waals surface area contributed by atoms with Crippen molar-refractivity contribution >= 4 is 11.6 Å². The van der Waals surface area contributed by atoms with Gasteiger partial charge in [-0.15, -0.1) is 0 Å². The van der Waals surface area contributed by atoms with Crippen molar-refractivity contribution in [3.05, 3.63) is 71.6 Å². The van der Waals surface area contributed by atoms with Gasteiger partial charge < -0.3 is 14.6 Å². The van der Waals surface area contributed by atoms with E-state index in [0.29, 0.717) is 11.5 Å². The molecule has 1 aliphatic rings. The molecule has 1 aromatic heterocycles. The Balaban J connectivity index is 1.37. The fourth-order valence-corrected chi connectivity index (χ4v) is 3.89. The molecule has 1 saturated heterocycles. The first-order valence-electron chi connectivity index (χ1n) is 11.4. The molecule has 1 N–H and O–H groups in total. The van der Waals surface area contributed by atoms with Gasteiger partial charge in [0.15, 0.2) is 0 Å². The van der Waals surface area contributed by atoms with E-state index in [1.165, 1.54) is 5.69 Å². The summed E-state index contributed by atoms with van der Waals surface area (Å²) in [5.74, 6) is 1.41. The number of amides is 1. The van der Waals surface area contributed by atoms with Crippen LogP contribution in [0.2, 0.25) is 0 Å². The van der Waals surface area contributed by atoms with Gasteiger partial charge in [-0.1, -0.05) is 25.1 Å². The highest BCUT2D eigenvalue weighted by molar-refractivity contribution is 5.94. The number of nitrogens with one attached hydrogen (secondary N) is 1. The molecule has 1 amide bonds. The van der Waals surface area contributed by atoms with Gasteiger partial charge in [-0.3, -0.25) is 9.69 Å². The van der Waals surface area contributed by atoms with Gasteiger partial charge in [-0.05, 0) is 56.7 Å². The van der Waals surface area contributed by atoms with Crippen LogP contribution in [0.5, 0.6) is 0 Å². The molecule has 0 saturated carbocycles. The SMILES string of the molecule is CC[C@H](C)NC(=O)c1ccc(-c2nc(CN3CCN(c4ccccc4)CC3)c(C)o2)cc1. The van der Waals surface area contributed by atoms with E-state index in [-0.39, 0.29) is 11.9 Å². The first-order chi connectivity index (χ1) is 15.5. The van der Waals surface area contributed by atoms with Crippen molar-refractivity contribution in [3.8, 4) is 11.5 Å². The van der Waals surface area contributed by atoms with Gasteiger partial charge in [0, 0.05) is 55.6 Å². The number of aromatic nitrogens is 1. The van der Waals surface area contributed by atoms with Crippen molar-refractivity contribution in [3.63, 3.8) is 0 Å². The van der Waals surface area contributed by atoms with Crippen LogP contribution in [0.25, 0.3) is 11.5 Å². The third-order valence-corrected chi connectivity index (χ3v) is 6.14. The summed E-state index contributed by atoms with van der Waals surface area (Å²) >= 11 is 0. The number of hydrogen-bond donors (Lipinski definition) is 1. The number of benzene rings is 2. The Hall–Kier alpha value is -3.12. The molecule has 168 valence electrons. The van der Waals surface area contributed by atoms with Crippen molar-refractivity contribution in [2.24, 2.45) is 0 Å². The molecule has 6 heteroatoms. The largest absolute Gasteiger partial charge is 0.441 e.